The molecule has 1 aliphatic rings. The molecule has 0 aliphatic heterocycles. The Kier molecular flexibility index (Phi) is 6.72. The quantitative estimate of drug-likeness (QED) is 0.626. The lowest BCUT2D eigenvalue weighted by Gasteiger charge is -2.31. The third kappa shape index (κ3) is 5.93. The van der Waals surface area contributed by atoms with Crippen molar-refractivity contribution in [3.8, 4) is 0 Å². The molecular weight excluding hydrogens is 331 g/mol. The molecule has 2 rings (SSSR count). The Morgan fingerprint density at radius 1 is 1.32 bits per heavy atom. The minimum atomic E-state index is -4.07. The number of imidazole rings is 1. The van der Waals surface area contributed by atoms with Crippen LogP contribution in [0.4, 0.5) is 13.2 Å². The lowest BCUT2D eigenvalue weighted by Crippen LogP contribution is -2.45. The van der Waals surface area contributed by atoms with Gasteiger partial charge in [-0.25, -0.2) is 4.98 Å². The maximum atomic E-state index is 12.7. The summed E-state index contributed by atoms with van der Waals surface area (Å²) in [7, 11) is 1.66. The second-order valence-electron chi connectivity index (χ2n) is 7.05. The van der Waals surface area contributed by atoms with Crippen LogP contribution < -0.4 is 10.6 Å². The van der Waals surface area contributed by atoms with Crippen LogP contribution >= 0.6 is 0 Å². The number of nitrogens with one attached hydrogen (secondary N) is 2. The van der Waals surface area contributed by atoms with Crippen molar-refractivity contribution in [3.05, 3.63) is 18.2 Å². The Hall–Kier alpha value is -1.73. The van der Waals surface area contributed by atoms with Gasteiger partial charge >= 0.3 is 6.18 Å². The number of aliphatic imine (C=N–C) groups is 1. The summed E-state index contributed by atoms with van der Waals surface area (Å²) in [6.45, 7) is 5.71. The third-order valence-corrected chi connectivity index (χ3v) is 4.53. The van der Waals surface area contributed by atoms with E-state index >= 15 is 0 Å². The van der Waals surface area contributed by atoms with E-state index in [2.05, 4.69) is 39.0 Å². The molecule has 1 aromatic rings. The molecule has 0 unspecified atom stereocenters. The first-order chi connectivity index (χ1) is 11.8. The lowest BCUT2D eigenvalue weighted by atomic mass is 9.85. The molecule has 1 heterocycles. The predicted octanol–water partition coefficient (Wildman–Crippen LogP) is 3.33. The van der Waals surface area contributed by atoms with E-state index in [1.165, 1.54) is 0 Å². The van der Waals surface area contributed by atoms with Gasteiger partial charge in [0.25, 0.3) is 0 Å². The van der Waals surface area contributed by atoms with Gasteiger partial charge in [0.15, 0.2) is 5.96 Å². The van der Waals surface area contributed by atoms with Crippen LogP contribution in [-0.2, 0) is 13.1 Å². The molecule has 0 radical (unpaired) electrons. The van der Waals surface area contributed by atoms with Gasteiger partial charge in [-0.15, -0.1) is 0 Å². The molecule has 5 nitrogen and oxygen atoms in total. The first kappa shape index (κ1) is 19.6. The minimum Gasteiger partial charge on any atom is -0.354 e. The van der Waals surface area contributed by atoms with E-state index in [-0.39, 0.29) is 18.9 Å². The fraction of sp³-hybridized carbons (Fsp3) is 0.765. The first-order valence-electron chi connectivity index (χ1n) is 8.83. The predicted molar refractivity (Wildman–Crippen MR) is 92.2 cm³/mol. The zero-order valence-corrected chi connectivity index (χ0v) is 15.1. The van der Waals surface area contributed by atoms with Gasteiger partial charge in [0.05, 0.1) is 12.5 Å². The maximum absolute atomic E-state index is 12.7. The number of hydrogen-bond donors (Lipinski definition) is 2. The van der Waals surface area contributed by atoms with Gasteiger partial charge in [0.2, 0.25) is 0 Å². The van der Waals surface area contributed by atoms with Crippen molar-refractivity contribution in [1.29, 1.82) is 0 Å². The monoisotopic (exact) mass is 359 g/mol. The maximum Gasteiger partial charge on any atom is 0.391 e. The van der Waals surface area contributed by atoms with Crippen molar-refractivity contribution in [2.24, 2.45) is 16.8 Å². The summed E-state index contributed by atoms with van der Waals surface area (Å²) in [5, 5.41) is 6.44. The van der Waals surface area contributed by atoms with Crippen LogP contribution in [0.2, 0.25) is 0 Å². The zero-order valence-electron chi connectivity index (χ0n) is 15.1. The minimum absolute atomic E-state index is 0.0280. The largest absolute Gasteiger partial charge is 0.391 e. The second-order valence-corrected chi connectivity index (χ2v) is 7.05. The molecule has 1 fully saturated rings. The summed E-state index contributed by atoms with van der Waals surface area (Å²) >= 11 is 0. The number of alkyl halides is 3. The van der Waals surface area contributed by atoms with E-state index in [9.17, 15) is 13.2 Å². The van der Waals surface area contributed by atoms with E-state index in [0.717, 1.165) is 12.4 Å². The number of rotatable bonds is 5. The normalized spacial score (nSPS) is 22.3. The van der Waals surface area contributed by atoms with Crippen LogP contribution in [-0.4, -0.2) is 34.8 Å². The number of halogens is 3. The van der Waals surface area contributed by atoms with Gasteiger partial charge in [0, 0.05) is 32.0 Å². The Morgan fingerprint density at radius 2 is 2.00 bits per heavy atom. The van der Waals surface area contributed by atoms with Crippen LogP contribution in [0.3, 0.4) is 0 Å². The Labute approximate surface area is 147 Å². The molecule has 142 valence electrons. The van der Waals surface area contributed by atoms with Crippen molar-refractivity contribution >= 4 is 5.96 Å². The van der Waals surface area contributed by atoms with Crippen molar-refractivity contribution in [1.82, 2.24) is 20.2 Å². The van der Waals surface area contributed by atoms with Gasteiger partial charge in [-0.1, -0.05) is 13.8 Å². The summed E-state index contributed by atoms with van der Waals surface area (Å²) in [6, 6.07) is 0.0280. The molecule has 2 N–H and O–H groups in total. The van der Waals surface area contributed by atoms with Crippen molar-refractivity contribution in [2.75, 3.05) is 7.05 Å². The number of aromatic nitrogens is 2. The molecule has 0 bridgehead atoms. The molecule has 0 spiro atoms. The van der Waals surface area contributed by atoms with Gasteiger partial charge < -0.3 is 15.2 Å². The fourth-order valence-corrected chi connectivity index (χ4v) is 3.18. The lowest BCUT2D eigenvalue weighted by molar-refractivity contribution is -0.182. The van der Waals surface area contributed by atoms with Crippen molar-refractivity contribution < 1.29 is 13.2 Å². The molecule has 0 aromatic carbocycles. The standard InChI is InChI=1S/C17H28F3N5/c1-12(2)11-25-9-8-22-15(25)10-23-16(21-3)24-14-6-4-13(5-7-14)17(18,19)20/h8-9,12-14H,4-7,10-11H2,1-3H3,(H2,21,23,24). The fourth-order valence-electron chi connectivity index (χ4n) is 3.18. The number of guanidine groups is 1. The molecule has 25 heavy (non-hydrogen) atoms. The van der Waals surface area contributed by atoms with Crippen LogP contribution in [0.25, 0.3) is 0 Å². The summed E-state index contributed by atoms with van der Waals surface area (Å²) in [4.78, 5) is 8.53. The Morgan fingerprint density at radius 3 is 2.56 bits per heavy atom. The molecule has 0 saturated heterocycles. The van der Waals surface area contributed by atoms with Crippen LogP contribution in [0, 0.1) is 11.8 Å². The molecule has 0 atom stereocenters. The molecule has 1 aromatic heterocycles. The highest BCUT2D eigenvalue weighted by atomic mass is 19.4. The zero-order chi connectivity index (χ0) is 18.4. The number of hydrogen-bond acceptors (Lipinski definition) is 2. The van der Waals surface area contributed by atoms with E-state index in [4.69, 9.17) is 0 Å². The van der Waals surface area contributed by atoms with E-state index < -0.39 is 12.1 Å². The van der Waals surface area contributed by atoms with Crippen LogP contribution in [0.1, 0.15) is 45.4 Å². The summed E-state index contributed by atoms with van der Waals surface area (Å²) in [5.41, 5.74) is 0. The van der Waals surface area contributed by atoms with Gasteiger partial charge in [-0.3, -0.25) is 4.99 Å². The van der Waals surface area contributed by atoms with E-state index in [1.807, 2.05) is 6.20 Å². The third-order valence-electron chi connectivity index (χ3n) is 4.53. The summed E-state index contributed by atoms with van der Waals surface area (Å²) < 4.78 is 40.3. The van der Waals surface area contributed by atoms with Gasteiger partial charge in [-0.2, -0.15) is 13.2 Å². The Balaban J connectivity index is 1.81. The van der Waals surface area contributed by atoms with Crippen molar-refractivity contribution in [3.63, 3.8) is 0 Å². The molecule has 1 saturated carbocycles. The molecule has 1 aliphatic carbocycles. The summed E-state index contributed by atoms with van der Waals surface area (Å²) in [6.07, 6.45) is 1.02. The van der Waals surface area contributed by atoms with Crippen LogP contribution in [0.15, 0.2) is 17.4 Å². The van der Waals surface area contributed by atoms with E-state index in [0.29, 0.717) is 31.3 Å². The molecule has 8 heteroatoms. The molecule has 0 amide bonds. The highest BCUT2D eigenvalue weighted by Gasteiger charge is 2.41. The summed E-state index contributed by atoms with van der Waals surface area (Å²) in [5.74, 6) is 0.880. The topological polar surface area (TPSA) is 54.2 Å². The molecular formula is C17H28F3N5. The number of nitrogens with zero attached hydrogens (tertiary/aromatic N) is 3. The van der Waals surface area contributed by atoms with Crippen LogP contribution in [0.5, 0.6) is 0 Å². The van der Waals surface area contributed by atoms with E-state index in [1.54, 1.807) is 13.2 Å². The second kappa shape index (κ2) is 8.58. The highest BCUT2D eigenvalue weighted by molar-refractivity contribution is 5.79. The van der Waals surface area contributed by atoms with Gasteiger partial charge in [0.1, 0.15) is 5.82 Å². The van der Waals surface area contributed by atoms with Gasteiger partial charge in [-0.05, 0) is 31.6 Å². The smallest absolute Gasteiger partial charge is 0.354 e. The van der Waals surface area contributed by atoms with Crippen molar-refractivity contribution in [2.45, 2.75) is 64.8 Å². The first-order valence-corrected chi connectivity index (χ1v) is 8.83. The average Bonchev–Trinajstić information content (AvgIpc) is 2.97. The Bertz CT molecular complexity index is 557. The average molecular weight is 359 g/mol. The highest BCUT2D eigenvalue weighted by Crippen LogP contribution is 2.37. The SMILES string of the molecule is CN=C(NCc1nccn1CC(C)C)NC1CCC(C(F)(F)F)CC1.